The summed E-state index contributed by atoms with van der Waals surface area (Å²) in [6.07, 6.45) is 2.71. The molecule has 13 heteroatoms. The van der Waals surface area contributed by atoms with Crippen LogP contribution < -0.4 is 14.2 Å². The van der Waals surface area contributed by atoms with Crippen LogP contribution in [0, 0.1) is 0 Å². The Balaban J connectivity index is 2.04. The maximum atomic E-state index is 13.2. The lowest BCUT2D eigenvalue weighted by molar-refractivity contribution is -0.715. The predicted octanol–water partition coefficient (Wildman–Crippen LogP) is 3.96. The summed E-state index contributed by atoms with van der Waals surface area (Å²) in [5.41, 5.74) is -0.318. The van der Waals surface area contributed by atoms with Crippen LogP contribution in [0.2, 0.25) is 0 Å². The van der Waals surface area contributed by atoms with Gasteiger partial charge in [-0.05, 0) is 24.2 Å². The number of benzene rings is 1. The van der Waals surface area contributed by atoms with E-state index in [0.29, 0.717) is 12.4 Å². The molecule has 0 radical (unpaired) electrons. The Hall–Kier alpha value is -2.96. The third kappa shape index (κ3) is 4.39. The molecule has 3 aromatic rings. The van der Waals surface area contributed by atoms with Crippen molar-refractivity contribution in [1.29, 1.82) is 0 Å². The van der Waals surface area contributed by atoms with Crippen molar-refractivity contribution in [1.82, 2.24) is 14.7 Å². The molecule has 0 saturated carbocycles. The molecule has 0 aliphatic heterocycles. The minimum Gasteiger partial charge on any atom is -0.497 e. The average Bonchev–Trinajstić information content (AvgIpc) is 3.03. The van der Waals surface area contributed by atoms with Gasteiger partial charge in [-0.1, -0.05) is 29.0 Å². The summed E-state index contributed by atoms with van der Waals surface area (Å²) in [5, 5.41) is 7.96. The number of nitrogens with zero attached hydrogens (tertiary/aromatic N) is 4. The lowest BCUT2D eigenvalue weighted by atomic mass is 10.1. The zero-order valence-electron chi connectivity index (χ0n) is 15.2. The smallest absolute Gasteiger partial charge is 0.372 e. The first-order chi connectivity index (χ1) is 13.3. The van der Waals surface area contributed by atoms with Gasteiger partial charge in [0.15, 0.2) is 6.54 Å². The number of rotatable bonds is 7. The highest BCUT2D eigenvalue weighted by Gasteiger charge is 2.65. The van der Waals surface area contributed by atoms with Gasteiger partial charge in [0, 0.05) is 17.7 Å². The van der Waals surface area contributed by atoms with Crippen LogP contribution in [0.1, 0.15) is 17.3 Å². The Kier molecular flexibility index (Phi) is 4.49. The van der Waals surface area contributed by atoms with Gasteiger partial charge < -0.3 is 9.47 Å². The normalized spacial score (nSPS) is 14.3. The van der Waals surface area contributed by atoms with Gasteiger partial charge in [-0.3, -0.25) is 4.79 Å². The second kappa shape index (κ2) is 6.27. The Morgan fingerprint density at radius 1 is 1.21 bits per heavy atom. The van der Waals surface area contributed by atoms with Gasteiger partial charge in [-0.15, -0.1) is 4.68 Å². The number of hydrogen-bond donors (Lipinski definition) is 0. The van der Waals surface area contributed by atoms with E-state index in [1.54, 1.807) is 6.92 Å². The van der Waals surface area contributed by atoms with Crippen molar-refractivity contribution in [2.75, 3.05) is 13.7 Å². The number of methoxy groups -OCH3 is 1. The monoisotopic (exact) mass is 439 g/mol. The van der Waals surface area contributed by atoms with E-state index in [0.717, 1.165) is 17.9 Å². The molecule has 2 aromatic heterocycles. The zero-order chi connectivity index (χ0) is 21.5. The minimum absolute atomic E-state index is 0.118. The molecule has 0 saturated heterocycles. The van der Waals surface area contributed by atoms with Gasteiger partial charge >= 0.3 is 15.9 Å². The number of carbonyl (C=O) groups is 1. The van der Waals surface area contributed by atoms with E-state index >= 15 is 0 Å². The number of Topliss-reactive ketones (excluding diaryl/α,β-unsaturated/α-hetero) is 1. The van der Waals surface area contributed by atoms with E-state index in [1.807, 2.05) is 0 Å². The number of ketones is 1. The van der Waals surface area contributed by atoms with E-state index in [1.165, 1.54) is 23.1 Å². The fraction of sp³-hybridized carbons (Fsp3) is 0.250. The van der Waals surface area contributed by atoms with E-state index in [-0.39, 0.29) is 17.8 Å². The molecule has 0 atom stereocenters. The summed E-state index contributed by atoms with van der Waals surface area (Å²) < 4.78 is 78.7. The molecule has 0 aliphatic carbocycles. The third-order valence-corrected chi connectivity index (χ3v) is 5.00. The van der Waals surface area contributed by atoms with Gasteiger partial charge in [0.25, 0.3) is 6.33 Å². The third-order valence-electron chi connectivity index (χ3n) is 3.88. The quantitative estimate of drug-likeness (QED) is 0.317. The number of hydrogen-bond acceptors (Lipinski definition) is 5. The molecule has 7 nitrogen and oxygen atoms in total. The van der Waals surface area contributed by atoms with Crippen LogP contribution >= 0.6 is 10.2 Å². The summed E-state index contributed by atoms with van der Waals surface area (Å²) >= 11 is 0. The summed E-state index contributed by atoms with van der Waals surface area (Å²) in [4.78, 5) is 10.4. The molecule has 0 aliphatic rings. The summed E-state index contributed by atoms with van der Waals surface area (Å²) in [6, 6.07) is 2.76. The molecule has 158 valence electrons. The molecule has 0 amide bonds. The number of ether oxygens (including phenoxy) is 2. The highest BCUT2D eigenvalue weighted by molar-refractivity contribution is 8.45. The van der Waals surface area contributed by atoms with Gasteiger partial charge in [0.1, 0.15) is 10.6 Å². The molecule has 0 bridgehead atoms. The van der Waals surface area contributed by atoms with Gasteiger partial charge in [-0.25, -0.2) is 0 Å². The van der Waals surface area contributed by atoms with E-state index in [9.17, 15) is 24.2 Å². The molecule has 1 aromatic carbocycles. The first-order valence-electron chi connectivity index (χ1n) is 8.14. The highest BCUT2D eigenvalue weighted by atomic mass is 32.5. The van der Waals surface area contributed by atoms with Gasteiger partial charge in [0.05, 0.1) is 19.9 Å². The first-order valence-corrected chi connectivity index (χ1v) is 10.1. The van der Waals surface area contributed by atoms with Crippen LogP contribution in [0.5, 0.6) is 11.5 Å². The van der Waals surface area contributed by atoms with Crippen LogP contribution in [0.15, 0.2) is 41.7 Å². The topological polar surface area (TPSA) is 69.6 Å². The zero-order valence-corrected chi connectivity index (χ0v) is 16.0. The molecule has 0 spiro atoms. The molecule has 2 heterocycles. The van der Waals surface area contributed by atoms with Crippen molar-refractivity contribution in [2.45, 2.75) is 18.4 Å². The molecular formula is C16H16F5N4O3S+. The van der Waals surface area contributed by atoms with E-state index < -0.39 is 38.8 Å². The van der Waals surface area contributed by atoms with Crippen molar-refractivity contribution in [3.05, 3.63) is 42.4 Å². The maximum absolute atomic E-state index is 13.2. The molecule has 0 unspecified atom stereocenters. The average molecular weight is 439 g/mol. The van der Waals surface area contributed by atoms with Gasteiger partial charge in [-0.2, -0.15) is 0 Å². The van der Waals surface area contributed by atoms with E-state index in [4.69, 9.17) is 4.74 Å². The van der Waals surface area contributed by atoms with Crippen molar-refractivity contribution < 1.29 is 38.4 Å². The van der Waals surface area contributed by atoms with Crippen molar-refractivity contribution >= 4 is 21.7 Å². The second-order valence-corrected chi connectivity index (χ2v) is 8.38. The Morgan fingerprint density at radius 3 is 2.55 bits per heavy atom. The lowest BCUT2D eigenvalue weighted by Crippen LogP contribution is -2.40. The summed E-state index contributed by atoms with van der Waals surface area (Å²) in [7, 11) is -9.00. The van der Waals surface area contributed by atoms with Crippen LogP contribution in [-0.2, 0) is 6.54 Å². The Morgan fingerprint density at radius 2 is 1.93 bits per heavy atom. The number of aromatic nitrogens is 4. The molecule has 0 N–H and O–H groups in total. The van der Waals surface area contributed by atoms with Crippen molar-refractivity contribution in [3.8, 4) is 11.5 Å². The van der Waals surface area contributed by atoms with Gasteiger partial charge in [0.2, 0.25) is 11.5 Å². The second-order valence-electron chi connectivity index (χ2n) is 5.97. The molecule has 3 rings (SSSR count). The van der Waals surface area contributed by atoms with Crippen molar-refractivity contribution in [2.24, 2.45) is 0 Å². The van der Waals surface area contributed by atoms with Crippen molar-refractivity contribution in [3.63, 3.8) is 0 Å². The number of halogens is 5. The number of carbonyl (C=O) groups excluding carboxylic acids is 1. The fourth-order valence-electron chi connectivity index (χ4n) is 2.60. The number of fused-ring (bicyclic) bond motifs is 1. The molecule has 29 heavy (non-hydrogen) atoms. The highest BCUT2D eigenvalue weighted by Crippen LogP contribution is 3.02. The molecular weight excluding hydrogens is 423 g/mol. The van der Waals surface area contributed by atoms with Crippen LogP contribution in [-0.4, -0.2) is 34.2 Å². The standard InChI is InChI=1S/C16H16F5N4O3S/c1-3-28-15-4-5-22-25-10-23-24(16(15)25)9-14(26)11-6-12(27-2)8-13(7-11)29(17,18,19,20)21/h4-8,10H,3,9H2,1-2H3/q+1. The SMILES string of the molecule is CCOc1ccnn2cn[n+](CC(=O)c3cc(OC)cc(S(F)(F)(F)(F)F)c3)c12. The fourth-order valence-corrected chi connectivity index (χ4v) is 3.28. The minimum atomic E-state index is -10.0. The van der Waals surface area contributed by atoms with E-state index in [2.05, 4.69) is 14.9 Å². The molecule has 0 fully saturated rings. The largest absolute Gasteiger partial charge is 0.497 e. The summed E-state index contributed by atoms with van der Waals surface area (Å²) in [5.74, 6) is -1.06. The van der Waals surface area contributed by atoms with Crippen LogP contribution in [0.25, 0.3) is 5.65 Å². The predicted molar refractivity (Wildman–Crippen MR) is 93.1 cm³/mol. The lowest BCUT2D eigenvalue weighted by Gasteiger charge is -2.40. The summed E-state index contributed by atoms with van der Waals surface area (Å²) in [6.45, 7) is 1.51. The van der Waals surface area contributed by atoms with Crippen LogP contribution in [0.3, 0.4) is 0 Å². The maximum Gasteiger partial charge on any atom is 0.372 e. The van der Waals surface area contributed by atoms with Crippen LogP contribution in [0.4, 0.5) is 19.4 Å². The Bertz CT molecular complexity index is 1100. The first kappa shape index (κ1) is 20.8. The Labute approximate surface area is 161 Å².